The van der Waals surface area contributed by atoms with E-state index in [-0.39, 0.29) is 11.7 Å². The van der Waals surface area contributed by atoms with Crippen molar-refractivity contribution < 1.29 is 14.3 Å². The van der Waals surface area contributed by atoms with Gasteiger partial charge < -0.3 is 19.4 Å². The fraction of sp³-hybridized carbons (Fsp3) is 0.211. The minimum atomic E-state index is -0.298. The predicted molar refractivity (Wildman–Crippen MR) is 93.7 cm³/mol. The molecule has 0 atom stereocenters. The molecule has 1 aromatic heterocycles. The normalized spacial score (nSPS) is 14.1. The molecule has 0 radical (unpaired) electrons. The van der Waals surface area contributed by atoms with Gasteiger partial charge in [-0.15, -0.1) is 0 Å². The minimum Gasteiger partial charge on any atom is -0.494 e. The molecule has 5 heteroatoms. The third-order valence-electron chi connectivity index (χ3n) is 4.22. The second kappa shape index (κ2) is 5.92. The number of hydrogen-bond acceptors (Lipinski definition) is 3. The van der Waals surface area contributed by atoms with Crippen molar-refractivity contribution in [3.05, 3.63) is 54.5 Å². The number of rotatable bonds is 3. The Morgan fingerprint density at radius 3 is 2.75 bits per heavy atom. The number of anilines is 1. The van der Waals surface area contributed by atoms with Crippen LogP contribution in [0.25, 0.3) is 21.8 Å². The average Bonchev–Trinajstić information content (AvgIpc) is 2.95. The van der Waals surface area contributed by atoms with Crippen LogP contribution in [0.1, 0.15) is 6.92 Å². The summed E-state index contributed by atoms with van der Waals surface area (Å²) < 4.78 is 12.7. The lowest BCUT2D eigenvalue weighted by atomic mass is 10.1. The number of carbonyl (C=O) groups excluding carboxylic acids is 1. The molecule has 2 aromatic carbocycles. The van der Waals surface area contributed by atoms with Crippen LogP contribution in [-0.4, -0.2) is 23.7 Å². The molecule has 0 saturated carbocycles. The lowest BCUT2D eigenvalue weighted by Crippen LogP contribution is -2.21. The van der Waals surface area contributed by atoms with Gasteiger partial charge in [-0.1, -0.05) is 18.2 Å². The number of ether oxygens (including phenoxy) is 2. The Hall–Kier alpha value is -2.95. The Morgan fingerprint density at radius 1 is 1.12 bits per heavy atom. The van der Waals surface area contributed by atoms with E-state index in [2.05, 4.69) is 28.9 Å². The average molecular weight is 322 g/mol. The highest BCUT2D eigenvalue weighted by molar-refractivity contribution is 6.10. The Balaban J connectivity index is 1.74. The maximum atomic E-state index is 12.2. The second-order valence-corrected chi connectivity index (χ2v) is 5.65. The molecule has 1 aliphatic heterocycles. The number of aryl methyl sites for hydroxylation is 1. The summed E-state index contributed by atoms with van der Waals surface area (Å²) >= 11 is 0. The molecule has 0 aliphatic carbocycles. The predicted octanol–water partition coefficient (Wildman–Crippen LogP) is 3.64. The van der Waals surface area contributed by atoms with E-state index >= 15 is 0 Å². The van der Waals surface area contributed by atoms with E-state index in [0.29, 0.717) is 13.2 Å². The van der Waals surface area contributed by atoms with Crippen molar-refractivity contribution in [3.8, 4) is 0 Å². The van der Waals surface area contributed by atoms with Crippen molar-refractivity contribution >= 4 is 33.4 Å². The molecule has 2 heterocycles. The van der Waals surface area contributed by atoms with Crippen LogP contribution in [0.5, 0.6) is 0 Å². The van der Waals surface area contributed by atoms with Gasteiger partial charge in [-0.05, 0) is 31.2 Å². The van der Waals surface area contributed by atoms with Crippen molar-refractivity contribution in [2.45, 2.75) is 13.5 Å². The molecule has 0 spiro atoms. The molecule has 1 aliphatic rings. The molecule has 0 bridgehead atoms. The van der Waals surface area contributed by atoms with Gasteiger partial charge in [0.05, 0.1) is 0 Å². The van der Waals surface area contributed by atoms with Crippen molar-refractivity contribution in [1.82, 2.24) is 4.57 Å². The number of nitrogens with one attached hydrogen (secondary N) is 1. The highest BCUT2D eigenvalue weighted by Gasteiger charge is 2.16. The zero-order valence-corrected chi connectivity index (χ0v) is 13.4. The quantitative estimate of drug-likeness (QED) is 0.801. The van der Waals surface area contributed by atoms with E-state index < -0.39 is 0 Å². The fourth-order valence-corrected chi connectivity index (χ4v) is 3.15. The lowest BCUT2D eigenvalue weighted by molar-refractivity contribution is -0.117. The van der Waals surface area contributed by atoms with Gasteiger partial charge in [-0.25, -0.2) is 0 Å². The van der Waals surface area contributed by atoms with Gasteiger partial charge in [-0.2, -0.15) is 0 Å². The van der Waals surface area contributed by atoms with Crippen molar-refractivity contribution in [2.75, 3.05) is 18.5 Å². The molecule has 24 heavy (non-hydrogen) atoms. The summed E-state index contributed by atoms with van der Waals surface area (Å²) in [4.78, 5) is 12.2. The van der Waals surface area contributed by atoms with Crippen LogP contribution in [0.15, 0.2) is 54.5 Å². The van der Waals surface area contributed by atoms with Crippen molar-refractivity contribution in [3.63, 3.8) is 0 Å². The molecule has 122 valence electrons. The topological polar surface area (TPSA) is 52.5 Å². The smallest absolute Gasteiger partial charge is 0.294 e. The zero-order chi connectivity index (χ0) is 16.5. The standard InChI is InChI=1S/C19H18N2O3/c1-2-21-16-6-4-3-5-14(16)15-11-13(7-8-17(15)21)20-19(22)18-12-23-9-10-24-18/h3-8,11-12H,2,9-10H2,1H3,(H,20,22). The number of carbonyl (C=O) groups is 1. The van der Waals surface area contributed by atoms with E-state index in [1.807, 2.05) is 30.3 Å². The minimum absolute atomic E-state index is 0.206. The van der Waals surface area contributed by atoms with E-state index in [1.165, 1.54) is 17.2 Å². The molecular formula is C19H18N2O3. The van der Waals surface area contributed by atoms with Crippen LogP contribution in [0.4, 0.5) is 5.69 Å². The Kier molecular flexibility index (Phi) is 3.61. The van der Waals surface area contributed by atoms with Gasteiger partial charge in [0.2, 0.25) is 5.76 Å². The maximum absolute atomic E-state index is 12.2. The Bertz CT molecular complexity index is 956. The molecule has 0 fully saturated rings. The summed E-state index contributed by atoms with van der Waals surface area (Å²) in [5.41, 5.74) is 3.10. The highest BCUT2D eigenvalue weighted by atomic mass is 16.6. The lowest BCUT2D eigenvalue weighted by Gasteiger charge is -2.15. The molecule has 1 N–H and O–H groups in total. The molecule has 1 amide bonds. The summed E-state index contributed by atoms with van der Waals surface area (Å²) in [7, 11) is 0. The van der Waals surface area contributed by atoms with E-state index in [1.54, 1.807) is 0 Å². The van der Waals surface area contributed by atoms with E-state index in [4.69, 9.17) is 9.47 Å². The largest absolute Gasteiger partial charge is 0.494 e. The first-order valence-corrected chi connectivity index (χ1v) is 8.05. The fourth-order valence-electron chi connectivity index (χ4n) is 3.15. The molecule has 0 unspecified atom stereocenters. The van der Waals surface area contributed by atoms with Crippen molar-refractivity contribution in [1.29, 1.82) is 0 Å². The zero-order valence-electron chi connectivity index (χ0n) is 13.4. The van der Waals surface area contributed by atoms with Crippen LogP contribution in [0.3, 0.4) is 0 Å². The van der Waals surface area contributed by atoms with Gasteiger partial charge in [0.1, 0.15) is 19.5 Å². The Labute approximate surface area is 139 Å². The van der Waals surface area contributed by atoms with E-state index in [9.17, 15) is 4.79 Å². The summed E-state index contributed by atoms with van der Waals surface area (Å²) in [6.45, 7) is 3.89. The highest BCUT2D eigenvalue weighted by Crippen LogP contribution is 2.31. The second-order valence-electron chi connectivity index (χ2n) is 5.65. The molecule has 4 rings (SSSR count). The molecule has 0 saturated heterocycles. The van der Waals surface area contributed by atoms with Crippen LogP contribution < -0.4 is 5.32 Å². The maximum Gasteiger partial charge on any atom is 0.294 e. The van der Waals surface area contributed by atoms with Gasteiger partial charge in [0.15, 0.2) is 0 Å². The SMILES string of the molecule is CCn1c2ccccc2c2cc(NC(=O)C3=COCCO3)ccc21. The summed E-state index contributed by atoms with van der Waals surface area (Å²) in [5, 5.41) is 5.18. The van der Waals surface area contributed by atoms with Crippen molar-refractivity contribution in [2.24, 2.45) is 0 Å². The number of hydrogen-bond donors (Lipinski definition) is 1. The number of aromatic nitrogens is 1. The van der Waals surface area contributed by atoms with E-state index in [0.717, 1.165) is 23.1 Å². The molecule has 5 nitrogen and oxygen atoms in total. The third kappa shape index (κ3) is 2.38. The van der Waals surface area contributed by atoms with Gasteiger partial charge in [-0.3, -0.25) is 4.79 Å². The first-order valence-electron chi connectivity index (χ1n) is 8.05. The number of amides is 1. The monoisotopic (exact) mass is 322 g/mol. The van der Waals surface area contributed by atoms with Crippen LogP contribution >= 0.6 is 0 Å². The van der Waals surface area contributed by atoms with Crippen LogP contribution in [-0.2, 0) is 20.8 Å². The summed E-state index contributed by atoms with van der Waals surface area (Å²) in [6.07, 6.45) is 1.36. The molecular weight excluding hydrogens is 304 g/mol. The number of fused-ring (bicyclic) bond motifs is 3. The Morgan fingerprint density at radius 2 is 1.96 bits per heavy atom. The number of benzene rings is 2. The van der Waals surface area contributed by atoms with Crippen LogP contribution in [0.2, 0.25) is 0 Å². The number of nitrogens with zero attached hydrogens (tertiary/aromatic N) is 1. The van der Waals surface area contributed by atoms with Gasteiger partial charge in [0, 0.05) is 34.0 Å². The van der Waals surface area contributed by atoms with Gasteiger partial charge in [0.25, 0.3) is 5.91 Å². The first kappa shape index (κ1) is 14.6. The first-order chi connectivity index (χ1) is 11.8. The van der Waals surface area contributed by atoms with Gasteiger partial charge >= 0.3 is 0 Å². The number of para-hydroxylation sites is 1. The summed E-state index contributed by atoms with van der Waals surface area (Å²) in [5.74, 6) is -0.0920. The van der Waals surface area contributed by atoms with Crippen LogP contribution in [0, 0.1) is 0 Å². The third-order valence-corrected chi connectivity index (χ3v) is 4.22. The summed E-state index contributed by atoms with van der Waals surface area (Å²) in [6, 6.07) is 14.3. The molecule has 3 aromatic rings.